The monoisotopic (exact) mass is 539 g/mol. The third kappa shape index (κ3) is 6.17. The minimum Gasteiger partial charge on any atom is -0.486 e. The van der Waals surface area contributed by atoms with E-state index in [4.69, 9.17) is 9.47 Å². The highest BCUT2D eigenvalue weighted by atomic mass is 79.9. The third-order valence-electron chi connectivity index (χ3n) is 5.17. The van der Waals surface area contributed by atoms with Crippen LogP contribution in [0.3, 0.4) is 0 Å². The van der Waals surface area contributed by atoms with E-state index in [1.807, 2.05) is 24.3 Å². The fraction of sp³-hybridized carbons (Fsp3) is 0.364. The lowest BCUT2D eigenvalue weighted by atomic mass is 10.1. The number of likely N-dealkylation sites (N-methyl/N-ethyl adjacent to an activating group) is 1. The number of benzene rings is 2. The van der Waals surface area contributed by atoms with E-state index in [0.717, 1.165) is 20.6 Å². The van der Waals surface area contributed by atoms with Crippen LogP contribution in [-0.2, 0) is 26.2 Å². The second-order valence-corrected chi connectivity index (χ2v) is 10.4. The van der Waals surface area contributed by atoms with Crippen molar-refractivity contribution in [3.05, 3.63) is 52.5 Å². The van der Waals surface area contributed by atoms with Crippen LogP contribution in [0.1, 0.15) is 12.5 Å². The fourth-order valence-electron chi connectivity index (χ4n) is 3.38. The number of nitrogens with zero attached hydrogens (tertiary/aromatic N) is 2. The maximum absolute atomic E-state index is 13.4. The van der Waals surface area contributed by atoms with Crippen LogP contribution in [0.2, 0.25) is 0 Å². The van der Waals surface area contributed by atoms with Gasteiger partial charge in [0.25, 0.3) is 0 Å². The van der Waals surface area contributed by atoms with Crippen LogP contribution in [0.4, 0.5) is 5.69 Å². The zero-order valence-corrected chi connectivity index (χ0v) is 21.0. The molecule has 2 aromatic rings. The summed E-state index contributed by atoms with van der Waals surface area (Å²) in [5.41, 5.74) is 1.07. The van der Waals surface area contributed by atoms with Gasteiger partial charge in [-0.05, 0) is 36.8 Å². The molecule has 33 heavy (non-hydrogen) atoms. The van der Waals surface area contributed by atoms with E-state index in [2.05, 4.69) is 21.2 Å². The van der Waals surface area contributed by atoms with Crippen molar-refractivity contribution >= 4 is 43.5 Å². The van der Waals surface area contributed by atoms with Crippen molar-refractivity contribution < 1.29 is 27.5 Å². The molecule has 11 heteroatoms. The Balaban J connectivity index is 1.91. The maximum Gasteiger partial charge on any atom is 0.244 e. The summed E-state index contributed by atoms with van der Waals surface area (Å²) in [5, 5.41) is 2.54. The highest BCUT2D eigenvalue weighted by molar-refractivity contribution is 9.10. The molecule has 1 aliphatic heterocycles. The first-order valence-corrected chi connectivity index (χ1v) is 12.9. The largest absolute Gasteiger partial charge is 0.486 e. The number of nitrogens with one attached hydrogen (secondary N) is 1. The van der Waals surface area contributed by atoms with Crippen LogP contribution >= 0.6 is 15.9 Å². The van der Waals surface area contributed by atoms with Gasteiger partial charge in [0, 0.05) is 24.1 Å². The highest BCUT2D eigenvalue weighted by Crippen LogP contribution is 2.34. The van der Waals surface area contributed by atoms with Gasteiger partial charge in [-0.3, -0.25) is 13.9 Å². The number of amides is 2. The first-order chi connectivity index (χ1) is 15.6. The van der Waals surface area contributed by atoms with Crippen LogP contribution in [0, 0.1) is 0 Å². The smallest absolute Gasteiger partial charge is 0.244 e. The van der Waals surface area contributed by atoms with E-state index < -0.39 is 28.5 Å². The quantitative estimate of drug-likeness (QED) is 0.551. The van der Waals surface area contributed by atoms with Gasteiger partial charge in [0.1, 0.15) is 25.8 Å². The molecule has 0 aromatic heterocycles. The molecule has 0 bridgehead atoms. The molecule has 2 amide bonds. The number of anilines is 1. The van der Waals surface area contributed by atoms with Gasteiger partial charge in [0.05, 0.1) is 11.9 Å². The summed E-state index contributed by atoms with van der Waals surface area (Å²) in [6.45, 7) is 2.02. The molecular weight excluding hydrogens is 514 g/mol. The number of ether oxygens (including phenoxy) is 2. The number of carbonyl (C=O) groups excluding carboxylic acids is 2. The second kappa shape index (κ2) is 10.4. The molecule has 2 aromatic carbocycles. The van der Waals surface area contributed by atoms with Gasteiger partial charge in [0.2, 0.25) is 21.8 Å². The molecule has 3 rings (SSSR count). The minimum atomic E-state index is -3.82. The zero-order valence-electron chi connectivity index (χ0n) is 18.6. The number of fused-ring (bicyclic) bond motifs is 1. The Bertz CT molecular complexity index is 1120. The molecule has 178 valence electrons. The van der Waals surface area contributed by atoms with Crippen LogP contribution in [0.5, 0.6) is 11.5 Å². The fourth-order valence-corrected chi connectivity index (χ4v) is 4.48. The van der Waals surface area contributed by atoms with Crippen molar-refractivity contribution in [1.82, 2.24) is 10.2 Å². The van der Waals surface area contributed by atoms with E-state index in [1.165, 1.54) is 18.0 Å². The zero-order chi connectivity index (χ0) is 24.2. The van der Waals surface area contributed by atoms with Crippen molar-refractivity contribution in [2.24, 2.45) is 0 Å². The summed E-state index contributed by atoms with van der Waals surface area (Å²) in [5.74, 6) is 0.0419. The first-order valence-electron chi connectivity index (χ1n) is 10.2. The molecule has 9 nitrogen and oxygen atoms in total. The summed E-state index contributed by atoms with van der Waals surface area (Å²) in [6, 6.07) is 11.2. The van der Waals surface area contributed by atoms with E-state index in [0.29, 0.717) is 24.7 Å². The first kappa shape index (κ1) is 24.8. The van der Waals surface area contributed by atoms with Gasteiger partial charge in [-0.15, -0.1) is 0 Å². The summed E-state index contributed by atoms with van der Waals surface area (Å²) >= 11 is 3.37. The molecular formula is C22H26BrN3O6S. The summed E-state index contributed by atoms with van der Waals surface area (Å²) in [7, 11) is -2.34. The van der Waals surface area contributed by atoms with Crippen molar-refractivity contribution in [2.45, 2.75) is 19.5 Å². The van der Waals surface area contributed by atoms with E-state index in [-0.39, 0.29) is 18.1 Å². The van der Waals surface area contributed by atoms with Crippen molar-refractivity contribution in [3.8, 4) is 11.5 Å². The SMILES string of the molecule is CNC(=O)[C@H](C)N(Cc1ccc(Br)cc1)C(=O)CN(c1ccc2c(c1)OCCO2)S(C)(=O)=O. The van der Waals surface area contributed by atoms with E-state index in [9.17, 15) is 18.0 Å². The van der Waals surface area contributed by atoms with Gasteiger partial charge in [-0.2, -0.15) is 0 Å². The number of carbonyl (C=O) groups is 2. The lowest BCUT2D eigenvalue weighted by molar-refractivity contribution is -0.139. The van der Waals surface area contributed by atoms with Gasteiger partial charge in [0.15, 0.2) is 11.5 Å². The lowest BCUT2D eigenvalue weighted by Gasteiger charge is -2.31. The molecule has 1 atom stereocenters. The van der Waals surface area contributed by atoms with Crippen LogP contribution in [0.25, 0.3) is 0 Å². The molecule has 0 saturated heterocycles. The molecule has 1 aliphatic rings. The van der Waals surface area contributed by atoms with Crippen LogP contribution < -0.4 is 19.1 Å². The molecule has 0 radical (unpaired) electrons. The topological polar surface area (TPSA) is 105 Å². The number of rotatable bonds is 8. The predicted octanol–water partition coefficient (Wildman–Crippen LogP) is 2.15. The Morgan fingerprint density at radius 3 is 2.33 bits per heavy atom. The molecule has 0 saturated carbocycles. The standard InChI is InChI=1S/C22H26BrN3O6S/c1-15(22(28)24-2)25(13-16-4-6-17(23)7-5-16)21(27)14-26(33(3,29)30)18-8-9-19-20(12-18)32-11-10-31-19/h4-9,12,15H,10-11,13-14H2,1-3H3,(H,24,28)/t15-/m0/s1. The number of halogens is 1. The number of sulfonamides is 1. The normalized spacial score (nSPS) is 13.7. The Kier molecular flexibility index (Phi) is 7.85. The predicted molar refractivity (Wildman–Crippen MR) is 128 cm³/mol. The van der Waals surface area contributed by atoms with Gasteiger partial charge in [-0.1, -0.05) is 28.1 Å². The summed E-state index contributed by atoms with van der Waals surface area (Å²) < 4.78 is 38.1. The highest BCUT2D eigenvalue weighted by Gasteiger charge is 2.30. The Hall–Kier alpha value is -2.79. The van der Waals surface area contributed by atoms with Gasteiger partial charge < -0.3 is 19.7 Å². The minimum absolute atomic E-state index is 0.138. The molecule has 0 spiro atoms. The third-order valence-corrected chi connectivity index (χ3v) is 6.84. The van der Waals surface area contributed by atoms with Crippen molar-refractivity contribution in [1.29, 1.82) is 0 Å². The Morgan fingerprint density at radius 1 is 1.09 bits per heavy atom. The van der Waals surface area contributed by atoms with Crippen molar-refractivity contribution in [3.63, 3.8) is 0 Å². The van der Waals surface area contributed by atoms with Gasteiger partial charge >= 0.3 is 0 Å². The molecule has 1 N–H and O–H groups in total. The van der Waals surface area contributed by atoms with Gasteiger partial charge in [-0.25, -0.2) is 8.42 Å². The van der Waals surface area contributed by atoms with Crippen molar-refractivity contribution in [2.75, 3.05) is 37.4 Å². The molecule has 0 unspecified atom stereocenters. The van der Waals surface area contributed by atoms with Crippen LogP contribution in [0.15, 0.2) is 46.9 Å². The molecule has 0 aliphatic carbocycles. The maximum atomic E-state index is 13.4. The molecule has 0 fully saturated rings. The molecule has 1 heterocycles. The van der Waals surface area contributed by atoms with E-state index in [1.54, 1.807) is 19.1 Å². The summed E-state index contributed by atoms with van der Waals surface area (Å²) in [6.07, 6.45) is 1.03. The Morgan fingerprint density at radius 2 is 1.73 bits per heavy atom. The Labute approximate surface area is 201 Å². The number of hydrogen-bond donors (Lipinski definition) is 1. The average molecular weight is 540 g/mol. The second-order valence-electron chi connectivity index (χ2n) is 7.54. The summed E-state index contributed by atoms with van der Waals surface area (Å²) in [4.78, 5) is 27.1. The average Bonchev–Trinajstić information content (AvgIpc) is 2.80. The number of hydrogen-bond acceptors (Lipinski definition) is 6. The lowest BCUT2D eigenvalue weighted by Crippen LogP contribution is -2.50. The van der Waals surface area contributed by atoms with E-state index >= 15 is 0 Å². The van der Waals surface area contributed by atoms with Crippen LogP contribution in [-0.4, -0.2) is 64.2 Å².